The van der Waals surface area contributed by atoms with Crippen molar-refractivity contribution in [2.75, 3.05) is 6.54 Å². The highest BCUT2D eigenvalue weighted by atomic mass is 16.2. The fourth-order valence-corrected chi connectivity index (χ4v) is 4.42. The standard InChI is InChI=1S/C19H33N3O3/c1-17(2,3)13-18(4,5)20-14(23)12-22-15(24)19(21-16(22)25)10-8-6-7-9-11-19/h6-13H2,1-5H3,(H,20,23)(H,21,25). The molecule has 0 aromatic carbocycles. The Hall–Kier alpha value is -1.59. The molecule has 6 nitrogen and oxygen atoms in total. The lowest BCUT2D eigenvalue weighted by atomic mass is 9.82. The van der Waals surface area contributed by atoms with Gasteiger partial charge in [0.1, 0.15) is 12.1 Å². The fraction of sp³-hybridized carbons (Fsp3) is 0.842. The molecule has 2 rings (SSSR count). The van der Waals surface area contributed by atoms with Gasteiger partial charge in [0.15, 0.2) is 0 Å². The highest BCUT2D eigenvalue weighted by molar-refractivity contribution is 6.09. The minimum atomic E-state index is -0.783. The van der Waals surface area contributed by atoms with Crippen molar-refractivity contribution >= 4 is 17.8 Å². The average molecular weight is 351 g/mol. The fourth-order valence-electron chi connectivity index (χ4n) is 4.42. The maximum atomic E-state index is 12.8. The molecule has 1 saturated carbocycles. The maximum Gasteiger partial charge on any atom is 0.325 e. The van der Waals surface area contributed by atoms with E-state index in [2.05, 4.69) is 31.4 Å². The molecule has 1 aliphatic heterocycles. The summed E-state index contributed by atoms with van der Waals surface area (Å²) < 4.78 is 0. The lowest BCUT2D eigenvalue weighted by molar-refractivity contribution is -0.135. The minimum absolute atomic E-state index is 0.0715. The quantitative estimate of drug-likeness (QED) is 0.764. The largest absolute Gasteiger partial charge is 0.350 e. The molecule has 0 radical (unpaired) electrons. The van der Waals surface area contributed by atoms with Gasteiger partial charge < -0.3 is 10.6 Å². The Morgan fingerprint density at radius 1 is 1.08 bits per heavy atom. The van der Waals surface area contributed by atoms with Crippen LogP contribution < -0.4 is 10.6 Å². The molecule has 2 aliphatic rings. The summed E-state index contributed by atoms with van der Waals surface area (Å²) in [6.07, 6.45) is 6.19. The maximum absolute atomic E-state index is 12.8. The van der Waals surface area contributed by atoms with Gasteiger partial charge in [0.2, 0.25) is 5.91 Å². The summed E-state index contributed by atoms with van der Waals surface area (Å²) in [5, 5.41) is 5.84. The van der Waals surface area contributed by atoms with Gasteiger partial charge in [0.05, 0.1) is 0 Å². The molecule has 1 heterocycles. The lowest BCUT2D eigenvalue weighted by Gasteiger charge is -2.33. The third-order valence-electron chi connectivity index (χ3n) is 4.95. The van der Waals surface area contributed by atoms with Crippen molar-refractivity contribution in [3.63, 3.8) is 0 Å². The summed E-state index contributed by atoms with van der Waals surface area (Å²) in [7, 11) is 0. The summed E-state index contributed by atoms with van der Waals surface area (Å²) in [6.45, 7) is 10.1. The Balaban J connectivity index is 2.01. The first-order valence-electron chi connectivity index (χ1n) is 9.39. The number of urea groups is 1. The van der Waals surface area contributed by atoms with Crippen LogP contribution in [0.4, 0.5) is 4.79 Å². The molecule has 1 aliphatic carbocycles. The highest BCUT2D eigenvalue weighted by Gasteiger charge is 2.51. The second kappa shape index (κ2) is 6.96. The van der Waals surface area contributed by atoms with E-state index in [9.17, 15) is 14.4 Å². The molecule has 0 unspecified atom stereocenters. The van der Waals surface area contributed by atoms with Crippen molar-refractivity contribution < 1.29 is 14.4 Å². The van der Waals surface area contributed by atoms with E-state index in [1.807, 2.05) is 13.8 Å². The summed E-state index contributed by atoms with van der Waals surface area (Å²) in [6, 6.07) is -0.435. The number of nitrogens with zero attached hydrogens (tertiary/aromatic N) is 1. The summed E-state index contributed by atoms with van der Waals surface area (Å²) in [5.41, 5.74) is -1.11. The van der Waals surface area contributed by atoms with E-state index >= 15 is 0 Å². The molecule has 142 valence electrons. The van der Waals surface area contributed by atoms with Crippen molar-refractivity contribution in [2.45, 2.75) is 90.6 Å². The van der Waals surface area contributed by atoms with E-state index in [0.717, 1.165) is 37.0 Å². The van der Waals surface area contributed by atoms with Gasteiger partial charge in [-0.2, -0.15) is 0 Å². The van der Waals surface area contributed by atoms with Gasteiger partial charge in [-0.25, -0.2) is 4.79 Å². The van der Waals surface area contributed by atoms with Gasteiger partial charge in [0, 0.05) is 5.54 Å². The number of hydrogen-bond donors (Lipinski definition) is 2. The highest BCUT2D eigenvalue weighted by Crippen LogP contribution is 2.32. The van der Waals surface area contributed by atoms with Crippen LogP contribution in [0.25, 0.3) is 0 Å². The molecule has 25 heavy (non-hydrogen) atoms. The summed E-state index contributed by atoms with van der Waals surface area (Å²) in [5.74, 6) is -0.522. The molecule has 0 atom stereocenters. The van der Waals surface area contributed by atoms with Crippen molar-refractivity contribution in [1.29, 1.82) is 0 Å². The van der Waals surface area contributed by atoms with E-state index in [1.54, 1.807) is 0 Å². The SMILES string of the molecule is CC(C)(C)CC(C)(C)NC(=O)CN1C(=O)NC2(CCCCCC2)C1=O. The topological polar surface area (TPSA) is 78.5 Å². The molecule has 2 N–H and O–H groups in total. The van der Waals surface area contributed by atoms with Gasteiger partial charge in [-0.15, -0.1) is 0 Å². The summed E-state index contributed by atoms with van der Waals surface area (Å²) >= 11 is 0. The Morgan fingerprint density at radius 2 is 1.64 bits per heavy atom. The Kier molecular flexibility index (Phi) is 5.50. The van der Waals surface area contributed by atoms with Crippen LogP contribution in [0.3, 0.4) is 0 Å². The Bertz CT molecular complexity index is 541. The smallest absolute Gasteiger partial charge is 0.325 e. The normalized spacial score (nSPS) is 21.2. The second-order valence-electron chi connectivity index (χ2n) is 9.49. The molecule has 4 amide bonds. The number of nitrogens with one attached hydrogen (secondary N) is 2. The second-order valence-corrected chi connectivity index (χ2v) is 9.49. The number of carbonyl (C=O) groups is 3. The molecule has 1 saturated heterocycles. The van der Waals surface area contributed by atoms with Crippen LogP contribution >= 0.6 is 0 Å². The van der Waals surface area contributed by atoms with Crippen LogP contribution in [0.15, 0.2) is 0 Å². The first-order valence-corrected chi connectivity index (χ1v) is 9.39. The summed E-state index contributed by atoms with van der Waals surface area (Å²) in [4.78, 5) is 38.7. The molecule has 0 aromatic rings. The zero-order valence-corrected chi connectivity index (χ0v) is 16.3. The van der Waals surface area contributed by atoms with Gasteiger partial charge in [-0.3, -0.25) is 14.5 Å². The molecule has 1 spiro atoms. The first kappa shape index (κ1) is 19.7. The van der Waals surface area contributed by atoms with Crippen molar-refractivity contribution in [3.05, 3.63) is 0 Å². The van der Waals surface area contributed by atoms with Crippen LogP contribution in [0.5, 0.6) is 0 Å². The lowest BCUT2D eigenvalue weighted by Crippen LogP contribution is -2.51. The number of imide groups is 1. The third kappa shape index (κ3) is 4.95. The molecule has 0 aromatic heterocycles. The van der Waals surface area contributed by atoms with Crippen LogP contribution in [-0.2, 0) is 9.59 Å². The van der Waals surface area contributed by atoms with Crippen molar-refractivity contribution in [1.82, 2.24) is 15.5 Å². The average Bonchev–Trinajstić information content (AvgIpc) is 2.61. The zero-order valence-electron chi connectivity index (χ0n) is 16.3. The predicted molar refractivity (Wildman–Crippen MR) is 97.0 cm³/mol. The third-order valence-corrected chi connectivity index (χ3v) is 4.95. The van der Waals surface area contributed by atoms with E-state index in [-0.39, 0.29) is 23.8 Å². The Morgan fingerprint density at radius 3 is 2.16 bits per heavy atom. The van der Waals surface area contributed by atoms with Gasteiger partial charge in [0.25, 0.3) is 5.91 Å². The van der Waals surface area contributed by atoms with Crippen LogP contribution in [-0.4, -0.2) is 40.4 Å². The zero-order chi connectivity index (χ0) is 18.9. The van der Waals surface area contributed by atoms with Crippen LogP contribution in [0.1, 0.15) is 79.6 Å². The molecule has 6 heteroatoms. The van der Waals surface area contributed by atoms with E-state index < -0.39 is 17.1 Å². The molecule has 2 fully saturated rings. The van der Waals surface area contributed by atoms with Crippen molar-refractivity contribution in [3.8, 4) is 0 Å². The number of rotatable bonds is 4. The number of carbonyl (C=O) groups excluding carboxylic acids is 3. The molecule has 0 bridgehead atoms. The van der Waals surface area contributed by atoms with Gasteiger partial charge in [-0.1, -0.05) is 46.5 Å². The van der Waals surface area contributed by atoms with Crippen molar-refractivity contribution in [2.24, 2.45) is 5.41 Å². The van der Waals surface area contributed by atoms with Gasteiger partial charge >= 0.3 is 6.03 Å². The number of amides is 4. The van der Waals surface area contributed by atoms with Gasteiger partial charge in [-0.05, 0) is 38.5 Å². The minimum Gasteiger partial charge on any atom is -0.350 e. The van der Waals surface area contributed by atoms with E-state index in [4.69, 9.17) is 0 Å². The van der Waals surface area contributed by atoms with E-state index in [0.29, 0.717) is 12.8 Å². The molecular formula is C19H33N3O3. The first-order chi connectivity index (χ1) is 11.4. The monoisotopic (exact) mass is 351 g/mol. The number of hydrogen-bond acceptors (Lipinski definition) is 3. The van der Waals surface area contributed by atoms with Crippen LogP contribution in [0.2, 0.25) is 0 Å². The van der Waals surface area contributed by atoms with Crippen LogP contribution in [0, 0.1) is 5.41 Å². The Labute approximate surface area is 151 Å². The molecular weight excluding hydrogens is 318 g/mol. The van der Waals surface area contributed by atoms with E-state index in [1.165, 1.54) is 0 Å². The predicted octanol–water partition coefficient (Wildman–Crippen LogP) is 2.96.